The molecular formula is C12H30O2SSi2. The van der Waals surface area contributed by atoms with E-state index in [2.05, 4.69) is 62.3 Å². The summed E-state index contributed by atoms with van der Waals surface area (Å²) in [6, 6.07) is 0. The van der Waals surface area contributed by atoms with Gasteiger partial charge in [0.15, 0.2) is 9.76 Å². The van der Waals surface area contributed by atoms with E-state index in [9.17, 15) is 0 Å². The van der Waals surface area contributed by atoms with Gasteiger partial charge in [-0.25, -0.2) is 0 Å². The van der Waals surface area contributed by atoms with Gasteiger partial charge in [-0.3, -0.25) is 0 Å². The van der Waals surface area contributed by atoms with E-state index in [1.165, 1.54) is 0 Å². The fourth-order valence-corrected chi connectivity index (χ4v) is 8.92. The van der Waals surface area contributed by atoms with Gasteiger partial charge in [-0.2, -0.15) is 0 Å². The van der Waals surface area contributed by atoms with Gasteiger partial charge in [-0.1, -0.05) is 41.5 Å². The summed E-state index contributed by atoms with van der Waals surface area (Å²) in [7, 11) is -2.12. The van der Waals surface area contributed by atoms with Crippen LogP contribution in [0.5, 0.6) is 0 Å². The Morgan fingerprint density at radius 3 is 1.65 bits per heavy atom. The van der Waals surface area contributed by atoms with Crippen LogP contribution in [0, 0.1) is 0 Å². The average Bonchev–Trinajstić information content (AvgIpc) is 1.96. The van der Waals surface area contributed by atoms with E-state index in [0.29, 0.717) is 5.04 Å². The molecule has 104 valence electrons. The van der Waals surface area contributed by atoms with Gasteiger partial charge in [-0.15, -0.1) is 0 Å². The molecule has 0 aliphatic rings. The molecule has 2 nitrogen and oxygen atoms in total. The minimum atomic E-state index is -1.60. The van der Waals surface area contributed by atoms with Crippen molar-refractivity contribution in [3.63, 3.8) is 0 Å². The molecule has 0 fully saturated rings. The molecule has 0 radical (unpaired) electrons. The summed E-state index contributed by atoms with van der Waals surface area (Å²) >= 11 is 1.58. The van der Waals surface area contributed by atoms with Crippen LogP contribution in [0.25, 0.3) is 0 Å². The highest BCUT2D eigenvalue weighted by Crippen LogP contribution is 2.35. The summed E-state index contributed by atoms with van der Waals surface area (Å²) in [6.07, 6.45) is 0. The fraction of sp³-hybridized carbons (Fsp3) is 1.00. The average molecular weight is 295 g/mol. The molecule has 0 saturated carbocycles. The van der Waals surface area contributed by atoms with Crippen LogP contribution < -0.4 is 0 Å². The molecule has 0 amide bonds. The topological polar surface area (TPSA) is 18.5 Å². The third kappa shape index (κ3) is 10.3. The Balaban J connectivity index is 4.37. The first-order valence-electron chi connectivity index (χ1n) is 6.27. The van der Waals surface area contributed by atoms with Crippen LogP contribution in [0.4, 0.5) is 0 Å². The lowest BCUT2D eigenvalue weighted by Gasteiger charge is -2.32. The third-order valence-electron chi connectivity index (χ3n) is 1.76. The molecule has 0 aliphatic heterocycles. The third-order valence-corrected chi connectivity index (χ3v) is 7.50. The van der Waals surface area contributed by atoms with E-state index < -0.39 is 19.0 Å². The maximum absolute atomic E-state index is 6.20. The van der Waals surface area contributed by atoms with Crippen LogP contribution >= 0.6 is 12.0 Å². The Labute approximate surface area is 116 Å². The predicted octanol–water partition coefficient (Wildman–Crippen LogP) is 3.79. The van der Waals surface area contributed by atoms with E-state index >= 15 is 0 Å². The van der Waals surface area contributed by atoms with Crippen molar-refractivity contribution in [3.8, 4) is 0 Å². The van der Waals surface area contributed by atoms with Crippen LogP contribution in [-0.2, 0) is 7.99 Å². The molecule has 0 aliphatic carbocycles. The second-order valence-electron chi connectivity index (χ2n) is 7.86. The first-order chi connectivity index (χ1) is 7.31. The minimum Gasteiger partial charge on any atom is -0.442 e. The van der Waals surface area contributed by atoms with Crippen molar-refractivity contribution < 1.29 is 7.99 Å². The fourth-order valence-electron chi connectivity index (χ4n) is 0.936. The maximum Gasteiger partial charge on any atom is 0.330 e. The largest absolute Gasteiger partial charge is 0.442 e. The molecule has 1 unspecified atom stereocenters. The van der Waals surface area contributed by atoms with Crippen molar-refractivity contribution in [1.29, 1.82) is 0 Å². The molecule has 5 heteroatoms. The van der Waals surface area contributed by atoms with Gasteiger partial charge in [0.25, 0.3) is 0 Å². The lowest BCUT2D eigenvalue weighted by Crippen LogP contribution is -2.35. The summed E-state index contributed by atoms with van der Waals surface area (Å²) in [6.45, 7) is 20.0. The normalized spacial score (nSPS) is 16.8. The number of rotatable bonds is 4. The molecule has 0 rings (SSSR count). The maximum atomic E-state index is 6.20. The molecule has 0 N–H and O–H groups in total. The van der Waals surface area contributed by atoms with E-state index in [-0.39, 0.29) is 9.79 Å². The van der Waals surface area contributed by atoms with Crippen LogP contribution in [0.15, 0.2) is 0 Å². The summed E-state index contributed by atoms with van der Waals surface area (Å²) < 4.78 is 12.4. The Hall–Kier alpha value is 0.704. The molecule has 0 saturated heterocycles. The summed E-state index contributed by atoms with van der Waals surface area (Å²) in [5, 5.41) is 0.503. The van der Waals surface area contributed by atoms with Crippen LogP contribution in [-0.4, -0.2) is 23.8 Å². The van der Waals surface area contributed by atoms with E-state index in [1.54, 1.807) is 12.0 Å². The van der Waals surface area contributed by atoms with Gasteiger partial charge in [0.2, 0.25) is 0 Å². The summed E-state index contributed by atoms with van der Waals surface area (Å²) in [4.78, 5) is 0. The van der Waals surface area contributed by atoms with Crippen molar-refractivity contribution in [1.82, 2.24) is 0 Å². The molecule has 17 heavy (non-hydrogen) atoms. The second-order valence-corrected chi connectivity index (χ2v) is 16.2. The van der Waals surface area contributed by atoms with E-state index in [4.69, 9.17) is 7.99 Å². The van der Waals surface area contributed by atoms with Crippen molar-refractivity contribution in [2.24, 2.45) is 0 Å². The van der Waals surface area contributed by atoms with Gasteiger partial charge >= 0.3 is 9.28 Å². The summed E-state index contributed by atoms with van der Waals surface area (Å²) in [5.41, 5.74) is 0. The molecule has 1 atom stereocenters. The van der Waals surface area contributed by atoms with Gasteiger partial charge < -0.3 is 7.99 Å². The number of hydrogen-bond donors (Lipinski definition) is 0. The monoisotopic (exact) mass is 294 g/mol. The number of hydrogen-bond acceptors (Lipinski definition) is 3. The standard InChI is InChI=1S/C12H30O2SSi2/c1-10(2,3)15-13-17(12(7,8)9)14-16-11(4,5)6/h17H,16H2,1-9H3. The van der Waals surface area contributed by atoms with Gasteiger partial charge in [-0.05, 0) is 37.9 Å². The molecular weight excluding hydrogens is 264 g/mol. The van der Waals surface area contributed by atoms with Crippen LogP contribution in [0.3, 0.4) is 0 Å². The molecule has 0 aromatic rings. The molecule has 0 aromatic heterocycles. The lowest BCUT2D eigenvalue weighted by molar-refractivity contribution is 0.404. The Bertz CT molecular complexity index is 208. The van der Waals surface area contributed by atoms with Crippen molar-refractivity contribution in [2.45, 2.75) is 77.1 Å². The predicted molar refractivity (Wildman–Crippen MR) is 84.6 cm³/mol. The lowest BCUT2D eigenvalue weighted by atomic mass is 10.3. The molecule has 0 bridgehead atoms. The zero-order valence-corrected chi connectivity index (χ0v) is 16.4. The second kappa shape index (κ2) is 6.23. The molecule has 0 heterocycles. The van der Waals surface area contributed by atoms with Crippen molar-refractivity contribution in [3.05, 3.63) is 0 Å². The first-order valence-corrected chi connectivity index (χ1v) is 9.82. The van der Waals surface area contributed by atoms with Gasteiger partial charge in [0, 0.05) is 9.79 Å². The highest BCUT2D eigenvalue weighted by atomic mass is 32.2. The molecule has 0 aromatic carbocycles. The quantitative estimate of drug-likeness (QED) is 0.580. The van der Waals surface area contributed by atoms with Gasteiger partial charge in [0.1, 0.15) is 0 Å². The van der Waals surface area contributed by atoms with Crippen LogP contribution in [0.1, 0.15) is 62.3 Å². The Morgan fingerprint density at radius 1 is 0.882 bits per heavy atom. The smallest absolute Gasteiger partial charge is 0.330 e. The highest BCUT2D eigenvalue weighted by molar-refractivity contribution is 7.96. The van der Waals surface area contributed by atoms with Crippen LogP contribution in [0.2, 0.25) is 10.1 Å². The Kier molecular flexibility index (Phi) is 6.49. The zero-order valence-electron chi connectivity index (χ0n) is 13.0. The van der Waals surface area contributed by atoms with E-state index in [0.717, 1.165) is 0 Å². The Morgan fingerprint density at radius 2 is 1.35 bits per heavy atom. The van der Waals surface area contributed by atoms with Crippen molar-refractivity contribution in [2.75, 3.05) is 0 Å². The van der Waals surface area contributed by atoms with E-state index in [1.807, 2.05) is 0 Å². The van der Waals surface area contributed by atoms with Crippen molar-refractivity contribution >= 4 is 31.1 Å². The molecule has 0 spiro atoms. The zero-order chi connectivity index (χ0) is 13.9. The van der Waals surface area contributed by atoms with Gasteiger partial charge in [0.05, 0.1) is 0 Å². The summed E-state index contributed by atoms with van der Waals surface area (Å²) in [5.74, 6) is 0. The SMILES string of the molecule is CC(C)(C)[SiH2]O[SiH](OSC(C)(C)C)C(C)(C)C. The first kappa shape index (κ1) is 17.7. The minimum absolute atomic E-state index is 0.142. The highest BCUT2D eigenvalue weighted by Gasteiger charge is 2.33.